The normalized spacial score (nSPS) is 14.4. The number of nitrogens with zero attached hydrogens (tertiary/aromatic N) is 3. The van der Waals surface area contributed by atoms with Gasteiger partial charge in [0.15, 0.2) is 0 Å². The lowest BCUT2D eigenvalue weighted by Gasteiger charge is -2.29. The van der Waals surface area contributed by atoms with Gasteiger partial charge in [0.2, 0.25) is 10.0 Å². The van der Waals surface area contributed by atoms with Crippen LogP contribution in [0, 0.1) is 0 Å². The predicted octanol–water partition coefficient (Wildman–Crippen LogP) is 2.86. The fraction of sp³-hybridized carbons (Fsp3) is 0.471. The van der Waals surface area contributed by atoms with Crippen molar-refractivity contribution < 1.29 is 12.8 Å². The van der Waals surface area contributed by atoms with Crippen LogP contribution in [-0.2, 0) is 36.1 Å². The fourth-order valence-electron chi connectivity index (χ4n) is 3.11. The Hall–Kier alpha value is -1.12. The second-order valence-electron chi connectivity index (χ2n) is 6.17. The van der Waals surface area contributed by atoms with Gasteiger partial charge in [-0.25, -0.2) is 8.42 Å². The molecule has 2 aromatic rings. The first-order valence-corrected chi connectivity index (χ1v) is 9.74. The molecular formula is C17H25Cl2N3O3S. The number of furan rings is 1. The van der Waals surface area contributed by atoms with E-state index in [1.165, 1.54) is 5.56 Å². The van der Waals surface area contributed by atoms with E-state index in [2.05, 4.69) is 9.88 Å². The molecule has 1 aliphatic heterocycles. The Kier molecular flexibility index (Phi) is 8.56. The van der Waals surface area contributed by atoms with Crippen LogP contribution >= 0.6 is 24.8 Å². The van der Waals surface area contributed by atoms with Crippen molar-refractivity contribution in [3.63, 3.8) is 0 Å². The zero-order valence-corrected chi connectivity index (χ0v) is 17.4. The molecular weight excluding hydrogens is 397 g/mol. The number of sulfonamides is 1. The molecule has 0 spiro atoms. The maximum atomic E-state index is 12.1. The smallest absolute Gasteiger partial charge is 0.214 e. The van der Waals surface area contributed by atoms with E-state index in [0.29, 0.717) is 13.1 Å². The van der Waals surface area contributed by atoms with Gasteiger partial charge in [0.1, 0.15) is 5.76 Å². The van der Waals surface area contributed by atoms with Gasteiger partial charge in [-0.15, -0.1) is 24.8 Å². The number of pyridine rings is 1. The molecule has 0 unspecified atom stereocenters. The highest BCUT2D eigenvalue weighted by Gasteiger charge is 2.26. The average molecular weight is 422 g/mol. The van der Waals surface area contributed by atoms with Crippen molar-refractivity contribution in [3.8, 4) is 0 Å². The monoisotopic (exact) mass is 421 g/mol. The van der Waals surface area contributed by atoms with Crippen molar-refractivity contribution in [1.29, 1.82) is 0 Å². The Labute approximate surface area is 167 Å². The second-order valence-corrected chi connectivity index (χ2v) is 8.43. The van der Waals surface area contributed by atoms with E-state index in [9.17, 15) is 8.42 Å². The molecule has 0 saturated carbocycles. The van der Waals surface area contributed by atoms with Gasteiger partial charge in [0.05, 0.1) is 18.6 Å². The number of fused-ring (bicyclic) bond motifs is 1. The maximum Gasteiger partial charge on any atom is 0.214 e. The molecule has 26 heavy (non-hydrogen) atoms. The molecule has 0 fully saturated rings. The summed E-state index contributed by atoms with van der Waals surface area (Å²) in [6.07, 6.45) is 6.10. The molecule has 0 N–H and O–H groups in total. The molecule has 0 amide bonds. The minimum atomic E-state index is -3.15. The SMILES string of the molecule is CCS(=O)(=O)N1CCc2c(CN(C)Cc3ccco3)cncc2C1.Cl.Cl. The molecule has 9 heteroatoms. The van der Waals surface area contributed by atoms with Gasteiger partial charge in [-0.1, -0.05) is 0 Å². The standard InChI is InChI=1S/C17H23N3O3S.2ClH/c1-3-24(21,22)20-7-6-17-14(9-18-10-15(17)12-20)11-19(2)13-16-5-4-8-23-16;;/h4-5,8-10H,3,6-7,11-13H2,1-2H3;2*1H. The summed E-state index contributed by atoms with van der Waals surface area (Å²) in [5.74, 6) is 1.07. The van der Waals surface area contributed by atoms with Crippen molar-refractivity contribution >= 4 is 34.8 Å². The van der Waals surface area contributed by atoms with Crippen LogP contribution in [0.15, 0.2) is 35.2 Å². The second kappa shape index (κ2) is 9.71. The fourth-order valence-corrected chi connectivity index (χ4v) is 4.18. The van der Waals surface area contributed by atoms with Crippen molar-refractivity contribution in [3.05, 3.63) is 53.2 Å². The molecule has 0 saturated heterocycles. The van der Waals surface area contributed by atoms with E-state index in [1.54, 1.807) is 23.7 Å². The zero-order valence-electron chi connectivity index (χ0n) is 14.9. The Morgan fingerprint density at radius 1 is 1.27 bits per heavy atom. The molecule has 3 rings (SSSR count). The van der Waals surface area contributed by atoms with Crippen LogP contribution in [0.5, 0.6) is 0 Å². The third-order valence-corrected chi connectivity index (χ3v) is 6.23. The van der Waals surface area contributed by atoms with Crippen molar-refractivity contribution in [2.45, 2.75) is 33.0 Å². The number of rotatable bonds is 6. The van der Waals surface area contributed by atoms with Crippen LogP contribution in [0.25, 0.3) is 0 Å². The first-order valence-electron chi connectivity index (χ1n) is 8.13. The molecule has 0 bridgehead atoms. The van der Waals surface area contributed by atoms with E-state index in [4.69, 9.17) is 4.42 Å². The lowest BCUT2D eigenvalue weighted by Crippen LogP contribution is -2.37. The van der Waals surface area contributed by atoms with Crippen molar-refractivity contribution in [2.75, 3.05) is 19.3 Å². The first-order chi connectivity index (χ1) is 11.5. The Bertz CT molecular complexity index is 798. The quantitative estimate of drug-likeness (QED) is 0.716. The third kappa shape index (κ3) is 5.20. The highest BCUT2D eigenvalue weighted by atomic mass is 35.5. The van der Waals surface area contributed by atoms with E-state index >= 15 is 0 Å². The Morgan fingerprint density at radius 3 is 2.69 bits per heavy atom. The molecule has 0 aliphatic carbocycles. The molecule has 0 atom stereocenters. The zero-order chi connectivity index (χ0) is 17.2. The predicted molar refractivity (Wildman–Crippen MR) is 106 cm³/mol. The summed E-state index contributed by atoms with van der Waals surface area (Å²) in [6.45, 7) is 4.14. The van der Waals surface area contributed by atoms with Crippen LogP contribution < -0.4 is 0 Å². The van der Waals surface area contributed by atoms with Gasteiger partial charge in [0, 0.05) is 32.0 Å². The van der Waals surface area contributed by atoms with Crippen LogP contribution in [0.1, 0.15) is 29.4 Å². The van der Waals surface area contributed by atoms with Crippen molar-refractivity contribution in [2.24, 2.45) is 0 Å². The molecule has 6 nitrogen and oxygen atoms in total. The molecule has 0 aromatic carbocycles. The summed E-state index contributed by atoms with van der Waals surface area (Å²) >= 11 is 0. The first kappa shape index (κ1) is 22.9. The molecule has 2 aromatic heterocycles. The minimum absolute atomic E-state index is 0. The topological polar surface area (TPSA) is 66.7 Å². The number of hydrogen-bond acceptors (Lipinski definition) is 5. The Balaban J connectivity index is 0.00000169. The largest absolute Gasteiger partial charge is 0.468 e. The average Bonchev–Trinajstić information content (AvgIpc) is 3.07. The summed E-state index contributed by atoms with van der Waals surface area (Å²) in [4.78, 5) is 6.49. The van der Waals surface area contributed by atoms with Crippen LogP contribution in [0.2, 0.25) is 0 Å². The van der Waals surface area contributed by atoms with E-state index in [0.717, 1.165) is 36.4 Å². The van der Waals surface area contributed by atoms with Gasteiger partial charge in [-0.05, 0) is 49.2 Å². The summed E-state index contributed by atoms with van der Waals surface area (Å²) in [5, 5.41) is 0. The van der Waals surface area contributed by atoms with E-state index in [-0.39, 0.29) is 30.6 Å². The van der Waals surface area contributed by atoms with Gasteiger partial charge in [0.25, 0.3) is 0 Å². The van der Waals surface area contributed by atoms with Gasteiger partial charge in [-0.3, -0.25) is 9.88 Å². The van der Waals surface area contributed by atoms with E-state index < -0.39 is 10.0 Å². The summed E-state index contributed by atoms with van der Waals surface area (Å²) in [5.41, 5.74) is 3.41. The Morgan fingerprint density at radius 2 is 2.04 bits per heavy atom. The van der Waals surface area contributed by atoms with Crippen LogP contribution in [-0.4, -0.2) is 42.0 Å². The molecule has 3 heterocycles. The lowest BCUT2D eigenvalue weighted by molar-refractivity contribution is 0.285. The summed E-state index contributed by atoms with van der Waals surface area (Å²) in [7, 11) is -1.11. The molecule has 0 radical (unpaired) electrons. The number of aromatic nitrogens is 1. The molecule has 1 aliphatic rings. The maximum absolute atomic E-state index is 12.1. The van der Waals surface area contributed by atoms with Gasteiger partial charge < -0.3 is 4.42 Å². The highest BCUT2D eigenvalue weighted by molar-refractivity contribution is 7.89. The minimum Gasteiger partial charge on any atom is -0.468 e. The summed E-state index contributed by atoms with van der Waals surface area (Å²) < 4.78 is 31.1. The van der Waals surface area contributed by atoms with Crippen LogP contribution in [0.3, 0.4) is 0 Å². The lowest BCUT2D eigenvalue weighted by atomic mass is 9.98. The van der Waals surface area contributed by atoms with Gasteiger partial charge >= 0.3 is 0 Å². The van der Waals surface area contributed by atoms with Crippen molar-refractivity contribution in [1.82, 2.24) is 14.2 Å². The highest BCUT2D eigenvalue weighted by Crippen LogP contribution is 2.24. The van der Waals surface area contributed by atoms with E-state index in [1.807, 2.05) is 25.4 Å². The number of halogens is 2. The third-order valence-electron chi connectivity index (χ3n) is 4.40. The molecule has 146 valence electrons. The number of hydrogen-bond donors (Lipinski definition) is 0. The summed E-state index contributed by atoms with van der Waals surface area (Å²) in [6, 6.07) is 3.85. The van der Waals surface area contributed by atoms with Crippen LogP contribution in [0.4, 0.5) is 0 Å². The van der Waals surface area contributed by atoms with Gasteiger partial charge in [-0.2, -0.15) is 4.31 Å².